The number of nitrogens with zero attached hydrogens (tertiary/aromatic N) is 2. The molecular weight excluding hydrogens is 324 g/mol. The first-order chi connectivity index (χ1) is 10.9. The molecule has 0 aromatic carbocycles. The molecular formula is C14H24N2O8. The normalized spacial score (nSPS) is 11.7. The number of rotatable bonds is 11. The number of nitro groups is 2. The second-order valence-corrected chi connectivity index (χ2v) is 6.67. The van der Waals surface area contributed by atoms with E-state index in [0.717, 1.165) is 0 Å². The number of esters is 2. The maximum atomic E-state index is 11.5. The third-order valence-corrected chi connectivity index (χ3v) is 3.17. The zero-order valence-corrected chi connectivity index (χ0v) is 14.4. The van der Waals surface area contributed by atoms with Crippen LogP contribution in [0.4, 0.5) is 0 Å². The van der Waals surface area contributed by atoms with Gasteiger partial charge in [-0.05, 0) is 12.8 Å². The smallest absolute Gasteiger partial charge is 0.306 e. The molecule has 0 amide bonds. The number of ether oxygens (including phenoxy) is 2. The van der Waals surface area contributed by atoms with Crippen LogP contribution in [-0.2, 0) is 19.1 Å². The largest absolute Gasteiger partial charge is 0.458 e. The molecule has 0 aromatic heterocycles. The van der Waals surface area contributed by atoms with Gasteiger partial charge in [-0.3, -0.25) is 29.8 Å². The van der Waals surface area contributed by atoms with E-state index >= 15 is 0 Å². The van der Waals surface area contributed by atoms with Crippen molar-refractivity contribution in [3.8, 4) is 0 Å². The molecule has 0 unspecified atom stereocenters. The summed E-state index contributed by atoms with van der Waals surface area (Å²) in [4.78, 5) is 43.2. The van der Waals surface area contributed by atoms with Crippen molar-refractivity contribution >= 4 is 11.9 Å². The lowest BCUT2D eigenvalue weighted by Gasteiger charge is -2.15. The van der Waals surface area contributed by atoms with Crippen LogP contribution in [0.3, 0.4) is 0 Å². The van der Waals surface area contributed by atoms with Crippen LogP contribution in [0.15, 0.2) is 0 Å². The van der Waals surface area contributed by atoms with Crippen LogP contribution in [-0.4, -0.2) is 46.1 Å². The number of carbonyl (C=O) groups excluding carboxylic acids is 2. The number of hydrogen-bond donors (Lipinski definition) is 0. The van der Waals surface area contributed by atoms with Crippen LogP contribution >= 0.6 is 0 Å². The second-order valence-electron chi connectivity index (χ2n) is 6.67. The highest BCUT2D eigenvalue weighted by molar-refractivity contribution is 5.70. The van der Waals surface area contributed by atoms with E-state index in [1.165, 1.54) is 27.7 Å². The number of hydrogen-bond acceptors (Lipinski definition) is 8. The summed E-state index contributed by atoms with van der Waals surface area (Å²) in [6.07, 6.45) is 0.764. The maximum Gasteiger partial charge on any atom is 0.306 e. The molecule has 0 fully saturated rings. The molecule has 0 rings (SSSR count). The fraction of sp³-hybridized carbons (Fsp3) is 0.857. The molecule has 0 aliphatic rings. The van der Waals surface area contributed by atoms with Gasteiger partial charge in [-0.25, -0.2) is 0 Å². The molecule has 0 bridgehead atoms. The zero-order valence-electron chi connectivity index (χ0n) is 14.4. The lowest BCUT2D eigenvalue weighted by Crippen LogP contribution is -2.37. The minimum absolute atomic E-state index is 0.0292. The van der Waals surface area contributed by atoms with Gasteiger partial charge in [0, 0.05) is 50.4 Å². The van der Waals surface area contributed by atoms with Crippen molar-refractivity contribution < 1.29 is 28.9 Å². The highest BCUT2D eigenvalue weighted by Gasteiger charge is 2.33. The number of carbonyl (C=O) groups is 2. The highest BCUT2D eigenvalue weighted by Crippen LogP contribution is 2.11. The summed E-state index contributed by atoms with van der Waals surface area (Å²) in [6.45, 7) is 4.75. The molecule has 0 N–H and O–H groups in total. The van der Waals surface area contributed by atoms with Crippen LogP contribution in [0.25, 0.3) is 0 Å². The Morgan fingerprint density at radius 3 is 1.33 bits per heavy atom. The first kappa shape index (κ1) is 21.7. The second kappa shape index (κ2) is 9.14. The van der Waals surface area contributed by atoms with E-state index in [9.17, 15) is 29.8 Å². The highest BCUT2D eigenvalue weighted by atomic mass is 16.6. The first-order valence-electron chi connectivity index (χ1n) is 7.49. The zero-order chi connectivity index (χ0) is 19.0. The fourth-order valence-corrected chi connectivity index (χ4v) is 1.30. The molecule has 0 saturated heterocycles. The standard InChI is InChI=1S/C14H24N2O8/c1-13(2,15(19)20)9-23-11(17)7-5-6-8-12(18)24-10-14(3,4)16(21)22/h5-10H2,1-4H3. The van der Waals surface area contributed by atoms with Gasteiger partial charge in [0.2, 0.25) is 11.1 Å². The Bertz CT molecular complexity index is 443. The van der Waals surface area contributed by atoms with Gasteiger partial charge in [0.1, 0.15) is 0 Å². The van der Waals surface area contributed by atoms with E-state index in [4.69, 9.17) is 9.47 Å². The maximum absolute atomic E-state index is 11.5. The van der Waals surface area contributed by atoms with Gasteiger partial charge in [-0.1, -0.05) is 0 Å². The van der Waals surface area contributed by atoms with Crippen molar-refractivity contribution in [2.75, 3.05) is 13.2 Å². The van der Waals surface area contributed by atoms with Crippen molar-refractivity contribution in [2.45, 2.75) is 64.5 Å². The molecule has 10 nitrogen and oxygen atoms in total. The van der Waals surface area contributed by atoms with Gasteiger partial charge in [-0.15, -0.1) is 0 Å². The Morgan fingerprint density at radius 2 is 1.08 bits per heavy atom. The average Bonchev–Trinajstić information content (AvgIpc) is 2.47. The van der Waals surface area contributed by atoms with Crippen LogP contribution in [0, 0.1) is 20.2 Å². The van der Waals surface area contributed by atoms with Crippen LogP contribution in [0.2, 0.25) is 0 Å². The topological polar surface area (TPSA) is 139 Å². The Kier molecular flexibility index (Phi) is 8.28. The van der Waals surface area contributed by atoms with Crippen LogP contribution in [0.1, 0.15) is 53.4 Å². The molecule has 138 valence electrons. The summed E-state index contributed by atoms with van der Waals surface area (Å²) in [7, 11) is 0. The summed E-state index contributed by atoms with van der Waals surface area (Å²) in [5, 5.41) is 21.3. The Morgan fingerprint density at radius 1 is 0.792 bits per heavy atom. The Labute approximate surface area is 139 Å². The van der Waals surface area contributed by atoms with E-state index in [1.807, 2.05) is 0 Å². The van der Waals surface area contributed by atoms with Crippen LogP contribution < -0.4 is 0 Å². The van der Waals surface area contributed by atoms with Crippen molar-refractivity contribution in [3.05, 3.63) is 20.2 Å². The monoisotopic (exact) mass is 348 g/mol. The molecule has 0 spiro atoms. The van der Waals surface area contributed by atoms with Gasteiger partial charge in [0.15, 0.2) is 13.2 Å². The molecule has 0 saturated carbocycles. The van der Waals surface area contributed by atoms with Crippen molar-refractivity contribution in [1.82, 2.24) is 0 Å². The number of unbranched alkanes of at least 4 members (excludes halogenated alkanes) is 1. The summed E-state index contributed by atoms with van der Waals surface area (Å²) < 4.78 is 9.64. The van der Waals surface area contributed by atoms with Crippen molar-refractivity contribution in [2.24, 2.45) is 0 Å². The van der Waals surface area contributed by atoms with Gasteiger partial charge >= 0.3 is 11.9 Å². The lowest BCUT2D eigenvalue weighted by atomic mass is 10.1. The summed E-state index contributed by atoms with van der Waals surface area (Å²) in [5.41, 5.74) is -2.69. The first-order valence-corrected chi connectivity index (χ1v) is 7.49. The molecule has 10 heteroatoms. The molecule has 24 heavy (non-hydrogen) atoms. The Balaban J connectivity index is 3.89. The van der Waals surface area contributed by atoms with E-state index < -0.39 is 32.9 Å². The van der Waals surface area contributed by atoms with Crippen molar-refractivity contribution in [3.63, 3.8) is 0 Å². The fourth-order valence-electron chi connectivity index (χ4n) is 1.30. The minimum atomic E-state index is -1.34. The molecule has 0 aromatic rings. The Hall–Kier alpha value is -2.26. The average molecular weight is 348 g/mol. The van der Waals surface area contributed by atoms with Gasteiger partial charge < -0.3 is 9.47 Å². The van der Waals surface area contributed by atoms with Crippen molar-refractivity contribution in [1.29, 1.82) is 0 Å². The third-order valence-electron chi connectivity index (χ3n) is 3.17. The van der Waals surface area contributed by atoms with Gasteiger partial charge in [0.25, 0.3) is 0 Å². The summed E-state index contributed by atoms with van der Waals surface area (Å²) in [5.74, 6) is -1.15. The predicted molar refractivity (Wildman–Crippen MR) is 82.5 cm³/mol. The van der Waals surface area contributed by atoms with Gasteiger partial charge in [0.05, 0.1) is 0 Å². The quantitative estimate of drug-likeness (QED) is 0.238. The van der Waals surface area contributed by atoms with E-state index in [1.54, 1.807) is 0 Å². The SMILES string of the molecule is CC(C)(COC(=O)CCCCC(=O)OCC(C)(C)[N+](=O)[O-])[N+](=O)[O-]. The molecule has 0 radical (unpaired) electrons. The summed E-state index contributed by atoms with van der Waals surface area (Å²) >= 11 is 0. The molecule has 0 aliphatic carbocycles. The van der Waals surface area contributed by atoms with Crippen LogP contribution in [0.5, 0.6) is 0 Å². The van der Waals surface area contributed by atoms with E-state index in [2.05, 4.69) is 0 Å². The minimum Gasteiger partial charge on any atom is -0.458 e. The van der Waals surface area contributed by atoms with E-state index in [-0.39, 0.29) is 26.1 Å². The predicted octanol–water partition coefficient (Wildman–Crippen LogP) is 1.74. The third kappa shape index (κ3) is 8.39. The molecule has 0 aliphatic heterocycles. The molecule has 0 heterocycles. The van der Waals surface area contributed by atoms with Gasteiger partial charge in [-0.2, -0.15) is 0 Å². The van der Waals surface area contributed by atoms with E-state index in [0.29, 0.717) is 12.8 Å². The lowest BCUT2D eigenvalue weighted by molar-refractivity contribution is -0.563. The molecule has 0 atom stereocenters. The summed E-state index contributed by atoms with van der Waals surface area (Å²) in [6, 6.07) is 0.